The maximum absolute atomic E-state index is 13.1. The normalized spacial score (nSPS) is 19.6. The fraction of sp³-hybridized carbons (Fsp3) is 0.320. The predicted molar refractivity (Wildman–Crippen MR) is 119 cm³/mol. The van der Waals surface area contributed by atoms with Crippen molar-refractivity contribution in [3.05, 3.63) is 99.8 Å². The molecular formula is C25H27NO5. The van der Waals surface area contributed by atoms with Gasteiger partial charge in [0, 0.05) is 24.5 Å². The number of benzene rings is 2. The van der Waals surface area contributed by atoms with Crippen LogP contribution in [0.1, 0.15) is 49.7 Å². The Labute approximate surface area is 182 Å². The number of carbonyl (C=O) groups excluding carboxylic acids is 1. The Hall–Kier alpha value is -3.41. The van der Waals surface area contributed by atoms with Gasteiger partial charge in [0.05, 0.1) is 10.5 Å². The van der Waals surface area contributed by atoms with Crippen LogP contribution in [0.5, 0.6) is 0 Å². The third-order valence-corrected chi connectivity index (χ3v) is 5.73. The number of hydrogen-bond acceptors (Lipinski definition) is 5. The Morgan fingerprint density at radius 2 is 1.97 bits per heavy atom. The lowest BCUT2D eigenvalue weighted by atomic mass is 9.80. The molecule has 0 bridgehead atoms. The van der Waals surface area contributed by atoms with E-state index in [-0.39, 0.29) is 23.4 Å². The van der Waals surface area contributed by atoms with Crippen molar-refractivity contribution in [2.45, 2.75) is 50.5 Å². The number of aryl methyl sites for hydroxylation is 1. The summed E-state index contributed by atoms with van der Waals surface area (Å²) >= 11 is 0. The molecule has 0 amide bonds. The van der Waals surface area contributed by atoms with Crippen LogP contribution in [0, 0.1) is 10.1 Å². The van der Waals surface area contributed by atoms with Gasteiger partial charge in [-0.05, 0) is 30.4 Å². The molecule has 0 spiro atoms. The van der Waals surface area contributed by atoms with E-state index >= 15 is 0 Å². The molecule has 1 aliphatic rings. The van der Waals surface area contributed by atoms with Gasteiger partial charge in [0.2, 0.25) is 0 Å². The first kappa shape index (κ1) is 22.3. The van der Waals surface area contributed by atoms with Crippen LogP contribution in [0.25, 0.3) is 0 Å². The van der Waals surface area contributed by atoms with E-state index in [2.05, 4.69) is 6.58 Å². The van der Waals surface area contributed by atoms with Crippen LogP contribution < -0.4 is 0 Å². The van der Waals surface area contributed by atoms with Crippen LogP contribution in [0.2, 0.25) is 0 Å². The van der Waals surface area contributed by atoms with Crippen molar-refractivity contribution in [3.8, 4) is 0 Å². The molecule has 0 saturated carbocycles. The molecule has 1 heterocycles. The number of hydrogen-bond donors (Lipinski definition) is 1. The van der Waals surface area contributed by atoms with Gasteiger partial charge in [-0.1, -0.05) is 61.9 Å². The van der Waals surface area contributed by atoms with E-state index in [0.29, 0.717) is 18.4 Å². The van der Waals surface area contributed by atoms with Crippen LogP contribution in [0.15, 0.2) is 78.6 Å². The number of aliphatic hydroxyl groups is 1. The van der Waals surface area contributed by atoms with Gasteiger partial charge in [0.25, 0.3) is 5.69 Å². The molecule has 162 valence electrons. The van der Waals surface area contributed by atoms with Crippen molar-refractivity contribution in [3.63, 3.8) is 0 Å². The van der Waals surface area contributed by atoms with Gasteiger partial charge in [-0.25, -0.2) is 4.79 Å². The number of nitro groups is 1. The number of ether oxygens (including phenoxy) is 1. The summed E-state index contributed by atoms with van der Waals surface area (Å²) in [4.78, 5) is 23.7. The molecule has 0 aliphatic carbocycles. The summed E-state index contributed by atoms with van der Waals surface area (Å²) in [6, 6.07) is 16.0. The van der Waals surface area contributed by atoms with Gasteiger partial charge in [-0.15, -0.1) is 6.58 Å². The van der Waals surface area contributed by atoms with Gasteiger partial charge in [0.15, 0.2) is 0 Å². The number of cyclic esters (lactones) is 1. The van der Waals surface area contributed by atoms with Crippen molar-refractivity contribution < 1.29 is 19.6 Å². The number of aliphatic hydroxyl groups excluding tert-OH is 1. The van der Waals surface area contributed by atoms with Crippen molar-refractivity contribution >= 4 is 11.7 Å². The van der Waals surface area contributed by atoms with Gasteiger partial charge in [-0.3, -0.25) is 10.1 Å². The van der Waals surface area contributed by atoms with Crippen LogP contribution >= 0.6 is 0 Å². The minimum Gasteiger partial charge on any atom is -0.512 e. The zero-order valence-electron chi connectivity index (χ0n) is 17.6. The fourth-order valence-corrected chi connectivity index (χ4v) is 4.24. The van der Waals surface area contributed by atoms with Gasteiger partial charge >= 0.3 is 5.97 Å². The van der Waals surface area contributed by atoms with E-state index in [1.165, 1.54) is 18.2 Å². The van der Waals surface area contributed by atoms with Crippen LogP contribution in [0.4, 0.5) is 5.69 Å². The number of nitrogens with zero attached hydrogens (tertiary/aromatic N) is 1. The molecule has 1 unspecified atom stereocenters. The quantitative estimate of drug-likeness (QED) is 0.239. The first-order chi connectivity index (χ1) is 14.9. The molecule has 1 aliphatic heterocycles. The lowest BCUT2D eigenvalue weighted by Crippen LogP contribution is -2.41. The first-order valence-electron chi connectivity index (χ1n) is 10.5. The zero-order chi connectivity index (χ0) is 22.4. The average Bonchev–Trinajstić information content (AvgIpc) is 2.76. The number of carbonyl (C=O) groups is 1. The Balaban J connectivity index is 1.90. The average molecular weight is 421 g/mol. The Kier molecular flexibility index (Phi) is 6.90. The summed E-state index contributed by atoms with van der Waals surface area (Å²) < 4.78 is 5.96. The van der Waals surface area contributed by atoms with Crippen molar-refractivity contribution in [1.29, 1.82) is 0 Å². The van der Waals surface area contributed by atoms with Crippen LogP contribution in [-0.4, -0.2) is 21.6 Å². The molecule has 0 saturated heterocycles. The number of allylic oxidation sites excluding steroid dienone is 1. The highest BCUT2D eigenvalue weighted by molar-refractivity contribution is 5.92. The molecule has 2 aromatic rings. The Morgan fingerprint density at radius 1 is 1.23 bits per heavy atom. The molecule has 3 rings (SSSR count). The topological polar surface area (TPSA) is 89.7 Å². The number of non-ortho nitro benzene ring substituents is 1. The molecular weight excluding hydrogens is 394 g/mol. The van der Waals surface area contributed by atoms with E-state index in [9.17, 15) is 20.0 Å². The minimum atomic E-state index is -0.774. The van der Waals surface area contributed by atoms with Crippen molar-refractivity contribution in [1.82, 2.24) is 0 Å². The SMILES string of the molecule is C=CC(C1=C(O)C[C@@](CCC)(CCc2ccccc2)OC1=O)c1cccc([N+](=O)[O-])c1. The highest BCUT2D eigenvalue weighted by Crippen LogP contribution is 2.41. The second-order valence-corrected chi connectivity index (χ2v) is 7.91. The molecule has 0 radical (unpaired) electrons. The molecule has 31 heavy (non-hydrogen) atoms. The minimum absolute atomic E-state index is 0.0332. The van der Waals surface area contributed by atoms with Crippen molar-refractivity contribution in [2.75, 3.05) is 0 Å². The third kappa shape index (κ3) is 5.02. The summed E-state index contributed by atoms with van der Waals surface area (Å²) in [6.45, 7) is 5.80. The maximum Gasteiger partial charge on any atom is 0.338 e. The lowest BCUT2D eigenvalue weighted by Gasteiger charge is -2.38. The molecule has 0 fully saturated rings. The number of esters is 1. The lowest BCUT2D eigenvalue weighted by molar-refractivity contribution is -0.384. The van der Waals surface area contributed by atoms with Crippen molar-refractivity contribution in [2.24, 2.45) is 0 Å². The smallest absolute Gasteiger partial charge is 0.338 e. The Morgan fingerprint density at radius 3 is 2.58 bits per heavy atom. The van der Waals surface area contributed by atoms with E-state index in [1.807, 2.05) is 37.3 Å². The summed E-state index contributed by atoms with van der Waals surface area (Å²) in [5.74, 6) is -1.32. The van der Waals surface area contributed by atoms with E-state index in [1.54, 1.807) is 12.1 Å². The van der Waals surface area contributed by atoms with Gasteiger partial charge in [-0.2, -0.15) is 0 Å². The monoisotopic (exact) mass is 421 g/mol. The third-order valence-electron chi connectivity index (χ3n) is 5.73. The molecule has 0 aromatic heterocycles. The largest absolute Gasteiger partial charge is 0.512 e. The standard InChI is InChI=1S/C25H27NO5/c1-3-14-25(15-13-18-9-6-5-7-10-18)17-22(27)23(24(28)31-25)21(4-2)19-11-8-12-20(16-19)26(29)30/h4-12,16,21,27H,2-3,13-15,17H2,1H3/t21?,25-/m1/s1. The van der Waals surface area contributed by atoms with Gasteiger partial charge in [0.1, 0.15) is 11.4 Å². The van der Waals surface area contributed by atoms with Gasteiger partial charge < -0.3 is 9.84 Å². The second-order valence-electron chi connectivity index (χ2n) is 7.91. The number of rotatable bonds is 9. The van der Waals surface area contributed by atoms with Crippen LogP contribution in [0.3, 0.4) is 0 Å². The van der Waals surface area contributed by atoms with Crippen LogP contribution in [-0.2, 0) is 16.0 Å². The molecule has 6 nitrogen and oxygen atoms in total. The first-order valence-corrected chi connectivity index (χ1v) is 10.5. The molecule has 6 heteroatoms. The summed E-state index contributed by atoms with van der Waals surface area (Å²) in [7, 11) is 0. The summed E-state index contributed by atoms with van der Waals surface area (Å²) in [5.41, 5.74) is 0.890. The van der Waals surface area contributed by atoms with E-state index < -0.39 is 22.4 Å². The summed E-state index contributed by atoms with van der Waals surface area (Å²) in [5, 5.41) is 22.1. The molecule has 2 atom stereocenters. The zero-order valence-corrected chi connectivity index (χ0v) is 17.6. The highest BCUT2D eigenvalue weighted by atomic mass is 16.6. The van der Waals surface area contributed by atoms with E-state index in [4.69, 9.17) is 4.74 Å². The summed E-state index contributed by atoms with van der Waals surface area (Å²) in [6.07, 6.45) is 4.49. The Bertz CT molecular complexity index is 998. The maximum atomic E-state index is 13.1. The number of nitro benzene ring substituents is 1. The highest BCUT2D eigenvalue weighted by Gasteiger charge is 2.43. The molecule has 2 aromatic carbocycles. The fourth-order valence-electron chi connectivity index (χ4n) is 4.24. The van der Waals surface area contributed by atoms with E-state index in [0.717, 1.165) is 18.4 Å². The predicted octanol–water partition coefficient (Wildman–Crippen LogP) is 5.80. The second kappa shape index (κ2) is 9.60. The molecule has 1 N–H and O–H groups in total.